The van der Waals surface area contributed by atoms with E-state index in [0.29, 0.717) is 22.2 Å². The molecule has 8 nitrogen and oxygen atoms in total. The fourth-order valence-corrected chi connectivity index (χ4v) is 3.65. The number of carbonyl (C=O) groups is 2. The van der Waals surface area contributed by atoms with E-state index in [-0.39, 0.29) is 30.1 Å². The summed E-state index contributed by atoms with van der Waals surface area (Å²) in [5.74, 6) is -3.68. The first-order chi connectivity index (χ1) is 14.7. The van der Waals surface area contributed by atoms with E-state index in [0.717, 1.165) is 6.07 Å². The first kappa shape index (κ1) is 20.8. The van der Waals surface area contributed by atoms with Crippen LogP contribution in [0.2, 0.25) is 5.02 Å². The van der Waals surface area contributed by atoms with Gasteiger partial charge in [0.2, 0.25) is 5.56 Å². The number of halogens is 2. The summed E-state index contributed by atoms with van der Waals surface area (Å²) in [6.07, 6.45) is -1.16. The standard InChI is InChI=1S/C21H17ClFN3O5/c22-14-7-12(8-15(23)10-14)11-24-20(29)31-21(30)5-6-26(19(21)28)16-2-3-17-13(9-16)1-4-18(27)25-17/h1-4,7-10,30H,5-6,11H2,(H,24,29)(H,25,27)/t21-/m0/s1. The molecule has 3 N–H and O–H groups in total. The van der Waals surface area contributed by atoms with Crippen LogP contribution in [0.25, 0.3) is 10.9 Å². The predicted molar refractivity (Wildman–Crippen MR) is 111 cm³/mol. The molecule has 1 saturated heterocycles. The van der Waals surface area contributed by atoms with E-state index in [1.165, 1.54) is 23.1 Å². The van der Waals surface area contributed by atoms with E-state index < -0.39 is 23.6 Å². The third-order valence-corrected chi connectivity index (χ3v) is 5.11. The lowest BCUT2D eigenvalue weighted by molar-refractivity contribution is -0.175. The van der Waals surface area contributed by atoms with E-state index in [1.807, 2.05) is 0 Å². The number of H-pyrrole nitrogens is 1. The second-order valence-electron chi connectivity index (χ2n) is 7.11. The Morgan fingerprint density at radius 3 is 2.81 bits per heavy atom. The number of pyridine rings is 1. The summed E-state index contributed by atoms with van der Waals surface area (Å²) in [7, 11) is 0. The predicted octanol–water partition coefficient (Wildman–Crippen LogP) is 2.67. The second-order valence-corrected chi connectivity index (χ2v) is 7.54. The van der Waals surface area contributed by atoms with Crippen molar-refractivity contribution in [3.63, 3.8) is 0 Å². The molecule has 0 unspecified atom stereocenters. The number of anilines is 1. The monoisotopic (exact) mass is 445 g/mol. The highest BCUT2D eigenvalue weighted by atomic mass is 35.5. The SMILES string of the molecule is O=C(NCc1cc(F)cc(Cl)c1)O[C@@]1(O)CCN(c2ccc3[nH]c(=O)ccc3c2)C1=O. The Bertz CT molecular complexity index is 1230. The molecule has 0 bridgehead atoms. The van der Waals surface area contributed by atoms with Crippen molar-refractivity contribution in [3.05, 3.63) is 75.3 Å². The van der Waals surface area contributed by atoms with Crippen LogP contribution in [-0.4, -0.2) is 34.4 Å². The van der Waals surface area contributed by atoms with Crippen LogP contribution in [0.1, 0.15) is 12.0 Å². The molecule has 2 aromatic carbocycles. The van der Waals surface area contributed by atoms with Crippen LogP contribution in [0, 0.1) is 5.82 Å². The number of amides is 2. The van der Waals surface area contributed by atoms with Gasteiger partial charge >= 0.3 is 6.09 Å². The number of hydrogen-bond acceptors (Lipinski definition) is 5. The maximum atomic E-state index is 13.4. The summed E-state index contributed by atoms with van der Waals surface area (Å²) >= 11 is 5.77. The number of aliphatic hydroxyl groups is 1. The number of aromatic amines is 1. The molecule has 1 aliphatic rings. The summed E-state index contributed by atoms with van der Waals surface area (Å²) < 4.78 is 18.4. The number of ether oxygens (including phenoxy) is 1. The summed E-state index contributed by atoms with van der Waals surface area (Å²) in [6.45, 7) is 0.0180. The van der Waals surface area contributed by atoms with Gasteiger partial charge in [0.25, 0.3) is 11.7 Å². The van der Waals surface area contributed by atoms with Gasteiger partial charge in [0.1, 0.15) is 5.82 Å². The van der Waals surface area contributed by atoms with Gasteiger partial charge in [-0.3, -0.25) is 9.59 Å². The fraction of sp³-hybridized carbons (Fsp3) is 0.190. The smallest absolute Gasteiger partial charge is 0.407 e. The number of rotatable bonds is 4. The van der Waals surface area contributed by atoms with Crippen LogP contribution in [0.4, 0.5) is 14.9 Å². The van der Waals surface area contributed by atoms with Gasteiger partial charge in [-0.25, -0.2) is 9.18 Å². The molecule has 0 radical (unpaired) electrons. The number of nitrogens with zero attached hydrogens (tertiary/aromatic N) is 1. The van der Waals surface area contributed by atoms with E-state index in [9.17, 15) is 23.9 Å². The van der Waals surface area contributed by atoms with Gasteiger partial charge in [0.05, 0.1) is 0 Å². The van der Waals surface area contributed by atoms with E-state index in [2.05, 4.69) is 10.3 Å². The quantitative estimate of drug-likeness (QED) is 0.534. The lowest BCUT2D eigenvalue weighted by atomic mass is 10.2. The molecule has 10 heteroatoms. The van der Waals surface area contributed by atoms with Crippen molar-refractivity contribution in [1.82, 2.24) is 10.3 Å². The Kier molecular flexibility index (Phi) is 5.38. The molecule has 1 fully saturated rings. The molecule has 0 spiro atoms. The molecule has 1 aliphatic heterocycles. The molecule has 0 aliphatic carbocycles. The van der Waals surface area contributed by atoms with Gasteiger partial charge in [-0.15, -0.1) is 0 Å². The van der Waals surface area contributed by atoms with Crippen LogP contribution < -0.4 is 15.8 Å². The fourth-order valence-electron chi connectivity index (χ4n) is 3.41. The van der Waals surface area contributed by atoms with Gasteiger partial charge in [-0.1, -0.05) is 11.6 Å². The Morgan fingerprint density at radius 2 is 2.03 bits per heavy atom. The van der Waals surface area contributed by atoms with E-state index in [4.69, 9.17) is 16.3 Å². The zero-order valence-electron chi connectivity index (χ0n) is 16.0. The molecule has 2 heterocycles. The van der Waals surface area contributed by atoms with Crippen molar-refractivity contribution in [2.45, 2.75) is 18.8 Å². The van der Waals surface area contributed by atoms with Gasteiger partial charge < -0.3 is 25.0 Å². The molecule has 3 aromatic rings. The number of aromatic nitrogens is 1. The van der Waals surface area contributed by atoms with Crippen molar-refractivity contribution in [2.75, 3.05) is 11.4 Å². The van der Waals surface area contributed by atoms with Crippen molar-refractivity contribution >= 4 is 40.2 Å². The third kappa shape index (κ3) is 4.37. The Labute approximate surface area is 180 Å². The molecule has 1 aromatic heterocycles. The number of alkyl carbamates (subject to hydrolysis) is 1. The summed E-state index contributed by atoms with van der Waals surface area (Å²) in [6, 6.07) is 11.7. The van der Waals surface area contributed by atoms with Gasteiger partial charge in [-0.2, -0.15) is 0 Å². The minimum absolute atomic E-state index is 0.104. The second kappa shape index (κ2) is 8.01. The van der Waals surface area contributed by atoms with Crippen LogP contribution in [0.15, 0.2) is 53.3 Å². The van der Waals surface area contributed by atoms with Crippen molar-refractivity contribution < 1.29 is 23.8 Å². The molecular formula is C21H17ClFN3O5. The van der Waals surface area contributed by atoms with Gasteiger partial charge in [-0.05, 0) is 48.0 Å². The minimum Gasteiger partial charge on any atom is -0.407 e. The molecular weight excluding hydrogens is 429 g/mol. The van der Waals surface area contributed by atoms with E-state index >= 15 is 0 Å². The molecule has 4 rings (SSSR count). The number of benzene rings is 2. The van der Waals surface area contributed by atoms with Gasteiger partial charge in [0, 0.05) is 47.2 Å². The summed E-state index contributed by atoms with van der Waals surface area (Å²) in [5.41, 5.74) is 1.24. The van der Waals surface area contributed by atoms with Crippen LogP contribution in [-0.2, 0) is 16.1 Å². The highest BCUT2D eigenvalue weighted by molar-refractivity contribution is 6.30. The van der Waals surface area contributed by atoms with Crippen LogP contribution >= 0.6 is 11.6 Å². The van der Waals surface area contributed by atoms with Crippen LogP contribution in [0.5, 0.6) is 0 Å². The number of carbonyl (C=O) groups excluding carboxylic acids is 2. The summed E-state index contributed by atoms with van der Waals surface area (Å²) in [4.78, 5) is 40.3. The minimum atomic E-state index is -2.33. The highest BCUT2D eigenvalue weighted by Crippen LogP contribution is 2.31. The van der Waals surface area contributed by atoms with Crippen molar-refractivity contribution in [2.24, 2.45) is 0 Å². The van der Waals surface area contributed by atoms with Crippen molar-refractivity contribution in [3.8, 4) is 0 Å². The van der Waals surface area contributed by atoms with Crippen LogP contribution in [0.3, 0.4) is 0 Å². The molecule has 1 atom stereocenters. The summed E-state index contributed by atoms with van der Waals surface area (Å²) in [5, 5.41) is 13.8. The maximum Gasteiger partial charge on any atom is 0.410 e. The lowest BCUT2D eigenvalue weighted by Gasteiger charge is -2.22. The molecule has 0 saturated carbocycles. The normalized spacial score (nSPS) is 18.4. The zero-order chi connectivity index (χ0) is 22.2. The Hall–Kier alpha value is -3.43. The maximum absolute atomic E-state index is 13.4. The average molecular weight is 446 g/mol. The third-order valence-electron chi connectivity index (χ3n) is 4.89. The first-order valence-corrected chi connectivity index (χ1v) is 9.71. The van der Waals surface area contributed by atoms with E-state index in [1.54, 1.807) is 24.3 Å². The number of hydrogen-bond donors (Lipinski definition) is 3. The van der Waals surface area contributed by atoms with Gasteiger partial charge in [0.15, 0.2) is 0 Å². The topological polar surface area (TPSA) is 112 Å². The Balaban J connectivity index is 1.44. The number of nitrogens with one attached hydrogen (secondary N) is 2. The largest absolute Gasteiger partial charge is 0.410 e. The number of fused-ring (bicyclic) bond motifs is 1. The molecule has 31 heavy (non-hydrogen) atoms. The Morgan fingerprint density at radius 1 is 1.23 bits per heavy atom. The lowest BCUT2D eigenvalue weighted by Crippen LogP contribution is -2.46. The molecule has 2 amide bonds. The van der Waals surface area contributed by atoms with Crippen molar-refractivity contribution in [1.29, 1.82) is 0 Å². The zero-order valence-corrected chi connectivity index (χ0v) is 16.8. The highest BCUT2D eigenvalue weighted by Gasteiger charge is 2.49. The molecule has 160 valence electrons. The average Bonchev–Trinajstić information content (AvgIpc) is 3.00. The first-order valence-electron chi connectivity index (χ1n) is 9.33.